The molecule has 2 fully saturated rings. The highest BCUT2D eigenvalue weighted by Crippen LogP contribution is 2.45. The van der Waals surface area contributed by atoms with Crippen LogP contribution in [-0.2, 0) is 14.3 Å². The van der Waals surface area contributed by atoms with Gasteiger partial charge in [-0.05, 0) is 19.3 Å². The Balaban J connectivity index is 2.07. The molecular formula is C12H21NO3. The zero-order valence-corrected chi connectivity index (χ0v) is 10.4. The molecule has 4 nitrogen and oxygen atoms in total. The SMILES string of the molecule is COC1(OC)CCC2(CCC(=O)N2C)CC1. The number of methoxy groups -OCH3 is 2. The molecule has 1 aliphatic heterocycles. The van der Waals surface area contributed by atoms with Crippen LogP contribution in [0.15, 0.2) is 0 Å². The van der Waals surface area contributed by atoms with E-state index in [1.165, 1.54) is 0 Å². The lowest BCUT2D eigenvalue weighted by Gasteiger charge is -2.46. The Bertz CT molecular complexity index is 276. The molecule has 1 amide bonds. The Labute approximate surface area is 96.9 Å². The molecule has 0 aromatic carbocycles. The van der Waals surface area contributed by atoms with Crippen molar-refractivity contribution in [3.63, 3.8) is 0 Å². The van der Waals surface area contributed by atoms with Crippen LogP contribution in [-0.4, -0.2) is 43.4 Å². The number of hydrogen-bond acceptors (Lipinski definition) is 3. The van der Waals surface area contributed by atoms with Crippen LogP contribution < -0.4 is 0 Å². The molecule has 1 spiro atoms. The summed E-state index contributed by atoms with van der Waals surface area (Å²) in [6, 6.07) is 0. The molecule has 4 heteroatoms. The Morgan fingerprint density at radius 3 is 2.00 bits per heavy atom. The van der Waals surface area contributed by atoms with Gasteiger partial charge in [-0.2, -0.15) is 0 Å². The van der Waals surface area contributed by atoms with Crippen molar-refractivity contribution in [3.05, 3.63) is 0 Å². The van der Waals surface area contributed by atoms with E-state index in [1.54, 1.807) is 14.2 Å². The van der Waals surface area contributed by atoms with Crippen molar-refractivity contribution < 1.29 is 14.3 Å². The van der Waals surface area contributed by atoms with Crippen molar-refractivity contribution in [1.82, 2.24) is 4.90 Å². The van der Waals surface area contributed by atoms with Crippen LogP contribution in [0.2, 0.25) is 0 Å². The maximum absolute atomic E-state index is 11.6. The minimum Gasteiger partial charge on any atom is -0.353 e. The summed E-state index contributed by atoms with van der Waals surface area (Å²) >= 11 is 0. The van der Waals surface area contributed by atoms with Crippen LogP contribution in [0.4, 0.5) is 0 Å². The number of carbonyl (C=O) groups is 1. The lowest BCUT2D eigenvalue weighted by atomic mass is 9.77. The molecule has 0 radical (unpaired) electrons. The maximum atomic E-state index is 11.6. The summed E-state index contributed by atoms with van der Waals surface area (Å²) in [6.45, 7) is 0. The number of carbonyl (C=O) groups excluding carboxylic acids is 1. The van der Waals surface area contributed by atoms with Gasteiger partial charge in [-0.15, -0.1) is 0 Å². The van der Waals surface area contributed by atoms with Gasteiger partial charge in [0.25, 0.3) is 0 Å². The number of amides is 1. The molecular weight excluding hydrogens is 206 g/mol. The van der Waals surface area contributed by atoms with Crippen LogP contribution >= 0.6 is 0 Å². The van der Waals surface area contributed by atoms with E-state index in [4.69, 9.17) is 9.47 Å². The normalized spacial score (nSPS) is 27.7. The second kappa shape index (κ2) is 4.00. The number of rotatable bonds is 2. The topological polar surface area (TPSA) is 38.8 Å². The minimum absolute atomic E-state index is 0.0810. The van der Waals surface area contributed by atoms with E-state index in [9.17, 15) is 4.79 Å². The average Bonchev–Trinajstić information content (AvgIpc) is 2.60. The van der Waals surface area contributed by atoms with Crippen LogP contribution in [0.25, 0.3) is 0 Å². The summed E-state index contributed by atoms with van der Waals surface area (Å²) in [5.41, 5.74) is 0.0810. The molecule has 1 saturated heterocycles. The fourth-order valence-electron chi connectivity index (χ4n) is 3.11. The Morgan fingerprint density at radius 1 is 1.06 bits per heavy atom. The second-order valence-electron chi connectivity index (χ2n) is 5.00. The van der Waals surface area contributed by atoms with E-state index in [1.807, 2.05) is 11.9 Å². The molecule has 0 unspecified atom stereocenters. The first kappa shape index (κ1) is 11.9. The first-order chi connectivity index (χ1) is 7.57. The van der Waals surface area contributed by atoms with Crippen molar-refractivity contribution in [2.24, 2.45) is 0 Å². The first-order valence-electron chi connectivity index (χ1n) is 5.94. The fraction of sp³-hybridized carbons (Fsp3) is 0.917. The molecule has 1 heterocycles. The Hall–Kier alpha value is -0.610. The first-order valence-corrected chi connectivity index (χ1v) is 5.94. The van der Waals surface area contributed by atoms with Gasteiger partial charge in [0.1, 0.15) is 0 Å². The molecule has 1 saturated carbocycles. The summed E-state index contributed by atoms with van der Waals surface area (Å²) in [5.74, 6) is -0.139. The standard InChI is InChI=1S/C12H21NO3/c1-13-10(14)4-5-11(13)6-8-12(15-2,16-3)9-7-11/h4-9H2,1-3H3. The molecule has 0 bridgehead atoms. The molecule has 16 heavy (non-hydrogen) atoms. The summed E-state index contributed by atoms with van der Waals surface area (Å²) in [7, 11) is 5.33. The van der Waals surface area contributed by atoms with Crippen molar-refractivity contribution in [2.75, 3.05) is 21.3 Å². The fourth-order valence-corrected chi connectivity index (χ4v) is 3.11. The summed E-state index contributed by atoms with van der Waals surface area (Å²) in [6.07, 6.45) is 5.40. The van der Waals surface area contributed by atoms with E-state index >= 15 is 0 Å². The van der Waals surface area contributed by atoms with Gasteiger partial charge in [0, 0.05) is 46.1 Å². The molecule has 92 valence electrons. The highest BCUT2D eigenvalue weighted by atomic mass is 16.7. The highest BCUT2D eigenvalue weighted by Gasteiger charge is 2.49. The van der Waals surface area contributed by atoms with Gasteiger partial charge in [0.05, 0.1) is 0 Å². The van der Waals surface area contributed by atoms with Crippen molar-refractivity contribution >= 4 is 5.91 Å². The van der Waals surface area contributed by atoms with Gasteiger partial charge in [-0.3, -0.25) is 4.79 Å². The Morgan fingerprint density at radius 2 is 1.62 bits per heavy atom. The van der Waals surface area contributed by atoms with E-state index in [0.29, 0.717) is 6.42 Å². The van der Waals surface area contributed by atoms with Gasteiger partial charge in [-0.25, -0.2) is 0 Å². The molecule has 2 rings (SSSR count). The van der Waals surface area contributed by atoms with Crippen molar-refractivity contribution in [3.8, 4) is 0 Å². The van der Waals surface area contributed by atoms with Crippen LogP contribution in [0.1, 0.15) is 38.5 Å². The second-order valence-corrected chi connectivity index (χ2v) is 5.00. The quantitative estimate of drug-likeness (QED) is 0.672. The number of ether oxygens (including phenoxy) is 2. The van der Waals surface area contributed by atoms with E-state index in [0.717, 1.165) is 32.1 Å². The third-order valence-corrected chi connectivity index (χ3v) is 4.58. The monoisotopic (exact) mass is 227 g/mol. The maximum Gasteiger partial charge on any atom is 0.222 e. The van der Waals surface area contributed by atoms with Crippen molar-refractivity contribution in [1.29, 1.82) is 0 Å². The summed E-state index contributed by atoms with van der Waals surface area (Å²) in [4.78, 5) is 13.6. The predicted octanol–water partition coefficient (Wildman–Crippen LogP) is 1.54. The molecule has 0 atom stereocenters. The summed E-state index contributed by atoms with van der Waals surface area (Å²) in [5, 5.41) is 0. The van der Waals surface area contributed by atoms with Crippen LogP contribution in [0.5, 0.6) is 0 Å². The zero-order chi connectivity index (χ0) is 11.8. The van der Waals surface area contributed by atoms with Gasteiger partial charge in [0.2, 0.25) is 5.91 Å². The van der Waals surface area contributed by atoms with E-state index in [2.05, 4.69) is 0 Å². The van der Waals surface area contributed by atoms with Gasteiger partial charge < -0.3 is 14.4 Å². The Kier molecular flexibility index (Phi) is 2.97. The molecule has 0 N–H and O–H groups in total. The predicted molar refractivity (Wildman–Crippen MR) is 60.0 cm³/mol. The average molecular weight is 227 g/mol. The smallest absolute Gasteiger partial charge is 0.222 e. The molecule has 0 aromatic heterocycles. The van der Waals surface area contributed by atoms with Crippen molar-refractivity contribution in [2.45, 2.75) is 49.9 Å². The van der Waals surface area contributed by atoms with Gasteiger partial charge >= 0.3 is 0 Å². The largest absolute Gasteiger partial charge is 0.353 e. The lowest BCUT2D eigenvalue weighted by molar-refractivity contribution is -0.233. The third-order valence-electron chi connectivity index (χ3n) is 4.58. The molecule has 2 aliphatic rings. The van der Waals surface area contributed by atoms with Crippen LogP contribution in [0.3, 0.4) is 0 Å². The highest BCUT2D eigenvalue weighted by molar-refractivity contribution is 5.79. The number of hydrogen-bond donors (Lipinski definition) is 0. The van der Waals surface area contributed by atoms with Gasteiger partial charge in [0.15, 0.2) is 5.79 Å². The minimum atomic E-state index is -0.419. The van der Waals surface area contributed by atoms with E-state index in [-0.39, 0.29) is 11.4 Å². The van der Waals surface area contributed by atoms with Crippen LogP contribution in [0, 0.1) is 0 Å². The van der Waals surface area contributed by atoms with Gasteiger partial charge in [-0.1, -0.05) is 0 Å². The zero-order valence-electron chi connectivity index (χ0n) is 10.4. The molecule has 0 aromatic rings. The number of nitrogens with zero attached hydrogens (tertiary/aromatic N) is 1. The lowest BCUT2D eigenvalue weighted by Crippen LogP contribution is -2.51. The third kappa shape index (κ3) is 1.64. The number of likely N-dealkylation sites (tertiary alicyclic amines) is 1. The van der Waals surface area contributed by atoms with E-state index < -0.39 is 5.79 Å². The molecule has 1 aliphatic carbocycles. The summed E-state index contributed by atoms with van der Waals surface area (Å²) < 4.78 is 10.9.